The average molecular weight is 766 g/mol. The third-order valence-electron chi connectivity index (χ3n) is 8.57. The van der Waals surface area contributed by atoms with E-state index in [2.05, 4.69) is 126 Å². The minimum absolute atomic E-state index is 0.491. The molecule has 56 heavy (non-hydrogen) atoms. The van der Waals surface area contributed by atoms with Crippen molar-refractivity contribution >= 4 is 11.1 Å². The number of ether oxygens (including phenoxy) is 8. The second-order valence-electron chi connectivity index (χ2n) is 12.6. The molecule has 0 atom stereocenters. The first-order valence-electron chi connectivity index (χ1n) is 19.3. The molecule has 298 valence electrons. The number of methoxy groups -OCH3 is 1. The lowest BCUT2D eigenvalue weighted by atomic mass is 9.85. The van der Waals surface area contributed by atoms with Gasteiger partial charge in [-0.1, -0.05) is 120 Å². The maximum Gasteiger partial charge on any atom is 0.113 e. The Hall–Kier alpha value is -4.56. The molecule has 5 aromatic rings. The smallest absolute Gasteiger partial charge is 0.113 e. The van der Waals surface area contributed by atoms with Crippen LogP contribution >= 0.6 is 0 Å². The molecule has 0 N–H and O–H groups in total. The van der Waals surface area contributed by atoms with Gasteiger partial charge in [0, 0.05) is 12.7 Å². The first kappa shape index (κ1) is 42.6. The van der Waals surface area contributed by atoms with Crippen LogP contribution in [-0.4, -0.2) is 121 Å². The van der Waals surface area contributed by atoms with Crippen molar-refractivity contribution in [1.82, 2.24) is 15.0 Å². The molecular formula is C45H55N3O8. The first-order valence-corrected chi connectivity index (χ1v) is 19.3. The summed E-state index contributed by atoms with van der Waals surface area (Å²) in [5.74, 6) is 0. The first-order chi connectivity index (χ1) is 27.8. The van der Waals surface area contributed by atoms with E-state index in [-0.39, 0.29) is 0 Å². The molecule has 0 radical (unpaired) electrons. The number of rotatable bonds is 29. The van der Waals surface area contributed by atoms with Crippen LogP contribution in [0.3, 0.4) is 0 Å². The molecule has 0 aliphatic rings. The van der Waals surface area contributed by atoms with E-state index in [0.29, 0.717) is 106 Å². The number of nitrogens with zero attached hydrogens (tertiary/aromatic N) is 3. The minimum Gasteiger partial charge on any atom is -0.382 e. The lowest BCUT2D eigenvalue weighted by Gasteiger charge is -2.18. The van der Waals surface area contributed by atoms with Crippen LogP contribution in [-0.2, 0) is 44.4 Å². The molecule has 11 nitrogen and oxygen atoms in total. The van der Waals surface area contributed by atoms with Crippen LogP contribution in [0, 0.1) is 0 Å². The van der Waals surface area contributed by atoms with E-state index in [0.717, 1.165) is 33.5 Å². The van der Waals surface area contributed by atoms with Crippen molar-refractivity contribution in [3.8, 4) is 11.3 Å². The molecule has 0 saturated carbocycles. The zero-order valence-corrected chi connectivity index (χ0v) is 32.5. The van der Waals surface area contributed by atoms with Gasteiger partial charge in [0.15, 0.2) is 0 Å². The van der Waals surface area contributed by atoms with Crippen LogP contribution in [0.2, 0.25) is 0 Å². The number of benzene rings is 4. The average Bonchev–Trinajstić information content (AvgIpc) is 3.73. The molecule has 4 aromatic carbocycles. The highest BCUT2D eigenvalue weighted by atomic mass is 16.6. The Morgan fingerprint density at radius 1 is 0.411 bits per heavy atom. The fourth-order valence-corrected chi connectivity index (χ4v) is 5.79. The van der Waals surface area contributed by atoms with Gasteiger partial charge in [-0.05, 0) is 33.4 Å². The third-order valence-corrected chi connectivity index (χ3v) is 8.57. The molecule has 11 heteroatoms. The topological polar surface area (TPSA) is 105 Å². The summed E-state index contributed by atoms with van der Waals surface area (Å²) in [7, 11) is 1.65. The lowest BCUT2D eigenvalue weighted by Crippen LogP contribution is -2.15. The number of aromatic nitrogens is 3. The Kier molecular flexibility index (Phi) is 20.0. The van der Waals surface area contributed by atoms with Crippen LogP contribution in [0.5, 0.6) is 0 Å². The summed E-state index contributed by atoms with van der Waals surface area (Å²) >= 11 is 0. The molecule has 0 saturated heterocycles. The molecule has 0 aliphatic heterocycles. The highest BCUT2D eigenvalue weighted by Gasteiger charge is 2.16. The summed E-state index contributed by atoms with van der Waals surface area (Å²) in [5, 5.41) is 8.77. The van der Waals surface area contributed by atoms with Crippen LogP contribution in [0.15, 0.2) is 121 Å². The molecular weight excluding hydrogens is 711 g/mol. The van der Waals surface area contributed by atoms with Crippen LogP contribution in [0.4, 0.5) is 0 Å². The summed E-state index contributed by atoms with van der Waals surface area (Å²) in [6.45, 7) is 8.45. The van der Waals surface area contributed by atoms with E-state index in [4.69, 9.17) is 37.9 Å². The van der Waals surface area contributed by atoms with Gasteiger partial charge in [-0.2, -0.15) is 0 Å². The Bertz CT molecular complexity index is 1730. The summed E-state index contributed by atoms with van der Waals surface area (Å²) in [6.07, 6.45) is 1.95. The Labute approximate surface area is 331 Å². The predicted molar refractivity (Wildman–Crippen MR) is 217 cm³/mol. The third kappa shape index (κ3) is 15.2. The van der Waals surface area contributed by atoms with Gasteiger partial charge in [-0.3, -0.25) is 0 Å². The molecule has 1 aromatic heterocycles. The summed E-state index contributed by atoms with van der Waals surface area (Å²) in [4.78, 5) is 0. The van der Waals surface area contributed by atoms with Crippen LogP contribution < -0.4 is 0 Å². The van der Waals surface area contributed by atoms with Gasteiger partial charge in [-0.25, -0.2) is 4.68 Å². The summed E-state index contributed by atoms with van der Waals surface area (Å²) in [5.41, 5.74) is 8.78. The molecule has 0 unspecified atom stereocenters. The second kappa shape index (κ2) is 26.3. The van der Waals surface area contributed by atoms with Gasteiger partial charge in [0.2, 0.25) is 0 Å². The molecule has 0 spiro atoms. The van der Waals surface area contributed by atoms with Gasteiger partial charge in [-0.15, -0.1) is 5.10 Å². The zero-order chi connectivity index (χ0) is 38.7. The Morgan fingerprint density at radius 2 is 0.750 bits per heavy atom. The van der Waals surface area contributed by atoms with E-state index >= 15 is 0 Å². The minimum atomic E-state index is 0.491. The molecule has 1 heterocycles. The van der Waals surface area contributed by atoms with E-state index in [9.17, 15) is 0 Å². The predicted octanol–water partition coefficient (Wildman–Crippen LogP) is 6.72. The van der Waals surface area contributed by atoms with Crippen molar-refractivity contribution in [3.63, 3.8) is 0 Å². The van der Waals surface area contributed by atoms with E-state index < -0.39 is 0 Å². The van der Waals surface area contributed by atoms with Crippen LogP contribution in [0.1, 0.15) is 22.3 Å². The zero-order valence-electron chi connectivity index (χ0n) is 32.5. The SMILES string of the molecule is COCCOCCOCCOCCOCCOCCOCCOCCn1cc(-c2ccc(C(=C(c3ccccc3)c3ccccc3)c3ccccc3)cc2)nn1. The molecule has 0 amide bonds. The summed E-state index contributed by atoms with van der Waals surface area (Å²) in [6, 6.07) is 40.3. The second-order valence-corrected chi connectivity index (χ2v) is 12.6. The van der Waals surface area contributed by atoms with Crippen molar-refractivity contribution in [2.75, 3.05) is 106 Å². The molecule has 0 fully saturated rings. The largest absolute Gasteiger partial charge is 0.382 e. The molecule has 0 aliphatic carbocycles. The van der Waals surface area contributed by atoms with E-state index in [1.54, 1.807) is 7.11 Å². The van der Waals surface area contributed by atoms with Gasteiger partial charge >= 0.3 is 0 Å². The fourth-order valence-electron chi connectivity index (χ4n) is 5.79. The van der Waals surface area contributed by atoms with Gasteiger partial charge < -0.3 is 37.9 Å². The standard InChI is InChI=1S/C45H55N3O8/c1-49-23-24-51-27-28-53-31-32-55-35-36-56-34-33-54-30-29-52-26-25-50-22-21-48-37-43(46-47-48)38-17-19-42(20-18-38)45(41-15-9-4-10-16-41)44(39-11-5-2-6-12-39)40-13-7-3-8-14-40/h2-20,37H,21-36H2,1H3. The molecule has 5 rings (SSSR count). The Balaban J connectivity index is 0.960. The quantitative estimate of drug-likeness (QED) is 0.0385. The van der Waals surface area contributed by atoms with Crippen molar-refractivity contribution < 1.29 is 37.9 Å². The monoisotopic (exact) mass is 765 g/mol. The lowest BCUT2D eigenvalue weighted by molar-refractivity contribution is -0.0223. The van der Waals surface area contributed by atoms with E-state index in [1.165, 1.54) is 11.1 Å². The van der Waals surface area contributed by atoms with Crippen molar-refractivity contribution in [1.29, 1.82) is 0 Å². The maximum atomic E-state index is 5.76. The van der Waals surface area contributed by atoms with Crippen LogP contribution in [0.25, 0.3) is 22.4 Å². The Morgan fingerprint density at radius 3 is 1.12 bits per heavy atom. The van der Waals surface area contributed by atoms with Crippen molar-refractivity contribution in [3.05, 3.63) is 144 Å². The maximum absolute atomic E-state index is 5.76. The van der Waals surface area contributed by atoms with Crippen molar-refractivity contribution in [2.24, 2.45) is 0 Å². The highest BCUT2D eigenvalue weighted by molar-refractivity contribution is 6.04. The molecule has 0 bridgehead atoms. The fraction of sp³-hybridized carbons (Fsp3) is 0.378. The normalized spacial score (nSPS) is 11.2. The number of hydrogen-bond donors (Lipinski definition) is 0. The van der Waals surface area contributed by atoms with Gasteiger partial charge in [0.05, 0.1) is 112 Å². The number of hydrogen-bond acceptors (Lipinski definition) is 10. The van der Waals surface area contributed by atoms with Gasteiger partial charge in [0.25, 0.3) is 0 Å². The highest BCUT2D eigenvalue weighted by Crippen LogP contribution is 2.37. The van der Waals surface area contributed by atoms with Crippen molar-refractivity contribution in [2.45, 2.75) is 6.54 Å². The van der Waals surface area contributed by atoms with E-state index in [1.807, 2.05) is 10.9 Å². The summed E-state index contributed by atoms with van der Waals surface area (Å²) < 4.78 is 45.4. The van der Waals surface area contributed by atoms with Gasteiger partial charge in [0.1, 0.15) is 5.69 Å².